The minimum atomic E-state index is -0.0584. The molecule has 140 valence electrons. The Labute approximate surface area is 159 Å². The molecule has 2 aromatic rings. The Morgan fingerprint density at radius 3 is 2.50 bits per heavy atom. The first-order chi connectivity index (χ1) is 12.5. The summed E-state index contributed by atoms with van der Waals surface area (Å²) in [6.45, 7) is 7.89. The van der Waals surface area contributed by atoms with E-state index in [0.717, 1.165) is 33.0 Å². The lowest BCUT2D eigenvalue weighted by molar-refractivity contribution is -0.881. The third-order valence-electron chi connectivity index (χ3n) is 4.37. The second-order valence-electron chi connectivity index (χ2n) is 6.32. The number of amides is 2. The number of likely N-dealkylation sites (N-methyl/N-ethyl adjacent to an activating group) is 1. The van der Waals surface area contributed by atoms with Crippen LogP contribution in [0.25, 0.3) is 0 Å². The zero-order valence-corrected chi connectivity index (χ0v) is 16.5. The number of rotatable bonds is 9. The van der Waals surface area contributed by atoms with Gasteiger partial charge in [0.05, 0.1) is 13.1 Å². The molecule has 1 unspecified atom stereocenters. The highest BCUT2D eigenvalue weighted by atomic mass is 32.1. The highest BCUT2D eigenvalue weighted by Crippen LogP contribution is 2.20. The van der Waals surface area contributed by atoms with E-state index in [0.29, 0.717) is 19.6 Å². The number of nitrogens with one attached hydrogen (secondary N) is 3. The Kier molecular flexibility index (Phi) is 7.81. The first kappa shape index (κ1) is 20.1. The van der Waals surface area contributed by atoms with Gasteiger partial charge in [0.1, 0.15) is 0 Å². The van der Waals surface area contributed by atoms with Crippen LogP contribution in [0.1, 0.15) is 29.9 Å². The van der Waals surface area contributed by atoms with Crippen molar-refractivity contribution < 1.29 is 14.5 Å². The lowest BCUT2D eigenvalue weighted by atomic mass is 10.1. The molecule has 2 amide bonds. The van der Waals surface area contributed by atoms with E-state index in [1.807, 2.05) is 49.6 Å². The molecule has 0 bridgehead atoms. The lowest BCUT2D eigenvalue weighted by Gasteiger charge is -2.18. The van der Waals surface area contributed by atoms with Crippen molar-refractivity contribution in [1.82, 2.24) is 5.32 Å². The van der Waals surface area contributed by atoms with Crippen molar-refractivity contribution in [3.8, 4) is 0 Å². The number of quaternary nitrogens is 1. The lowest BCUT2D eigenvalue weighted by Crippen LogP contribution is -3.14. The Hall–Kier alpha value is -2.18. The topological polar surface area (TPSA) is 62.6 Å². The van der Waals surface area contributed by atoms with Crippen LogP contribution in [0.15, 0.2) is 35.7 Å². The van der Waals surface area contributed by atoms with Gasteiger partial charge in [0.2, 0.25) is 0 Å². The average molecular weight is 375 g/mol. The van der Waals surface area contributed by atoms with Gasteiger partial charge in [0, 0.05) is 10.6 Å². The van der Waals surface area contributed by atoms with Crippen LogP contribution in [-0.4, -0.2) is 31.4 Å². The predicted molar refractivity (Wildman–Crippen MR) is 107 cm³/mol. The minimum absolute atomic E-state index is 0.0341. The maximum Gasteiger partial charge on any atom is 0.279 e. The molecule has 0 radical (unpaired) electrons. The van der Waals surface area contributed by atoms with Crippen molar-refractivity contribution >= 4 is 28.8 Å². The molecule has 0 aliphatic rings. The van der Waals surface area contributed by atoms with Crippen LogP contribution in [0.3, 0.4) is 0 Å². The van der Waals surface area contributed by atoms with Crippen molar-refractivity contribution in [2.75, 3.05) is 25.0 Å². The van der Waals surface area contributed by atoms with Crippen molar-refractivity contribution in [2.24, 2.45) is 0 Å². The fourth-order valence-corrected chi connectivity index (χ4v) is 3.46. The number of thiophene rings is 1. The van der Waals surface area contributed by atoms with Crippen LogP contribution in [0, 0.1) is 6.92 Å². The van der Waals surface area contributed by atoms with Crippen LogP contribution < -0.4 is 15.5 Å². The number of hydrogen-bond acceptors (Lipinski definition) is 3. The molecule has 2 rings (SSSR count). The maximum atomic E-state index is 12.5. The summed E-state index contributed by atoms with van der Waals surface area (Å²) in [5.41, 5.74) is 3.09. The van der Waals surface area contributed by atoms with Crippen molar-refractivity contribution in [1.29, 1.82) is 0 Å². The minimum Gasteiger partial charge on any atom is -0.346 e. The Morgan fingerprint density at radius 2 is 1.85 bits per heavy atom. The van der Waals surface area contributed by atoms with Crippen LogP contribution in [-0.2, 0) is 22.6 Å². The van der Waals surface area contributed by atoms with E-state index in [1.165, 1.54) is 0 Å². The summed E-state index contributed by atoms with van der Waals surface area (Å²) in [5, 5.41) is 7.94. The summed E-state index contributed by atoms with van der Waals surface area (Å²) in [6.07, 6.45) is 0.868. The molecule has 1 heterocycles. The number of anilines is 1. The molecular formula is C20H28N3O2S+. The number of hydrogen-bond donors (Lipinski definition) is 3. The standard InChI is InChI=1S/C20H27N3O2S/c1-4-16-9-6-8-15(3)20(16)22-19(25)14-23(5-2)13-18(24)21-12-17-10-7-11-26-17/h6-11H,4-5,12-14H2,1-3H3,(H,21,24)(H,22,25)/p+1. The summed E-state index contributed by atoms with van der Waals surface area (Å²) < 4.78 is 0. The maximum absolute atomic E-state index is 12.5. The van der Waals surface area contributed by atoms with Gasteiger partial charge in [-0.2, -0.15) is 0 Å². The molecule has 3 N–H and O–H groups in total. The predicted octanol–water partition coefficient (Wildman–Crippen LogP) is 1.78. The summed E-state index contributed by atoms with van der Waals surface area (Å²) in [5.74, 6) is -0.0925. The van der Waals surface area contributed by atoms with Crippen LogP contribution in [0.4, 0.5) is 5.69 Å². The van der Waals surface area contributed by atoms with E-state index >= 15 is 0 Å². The second-order valence-corrected chi connectivity index (χ2v) is 7.36. The monoisotopic (exact) mass is 374 g/mol. The first-order valence-electron chi connectivity index (χ1n) is 9.04. The number of benzene rings is 1. The molecule has 6 heteroatoms. The van der Waals surface area contributed by atoms with Gasteiger partial charge in [-0.25, -0.2) is 0 Å². The molecule has 0 saturated heterocycles. The molecule has 0 aliphatic heterocycles. The molecule has 26 heavy (non-hydrogen) atoms. The fourth-order valence-electron chi connectivity index (χ4n) is 2.81. The van der Waals surface area contributed by atoms with Gasteiger partial charge >= 0.3 is 0 Å². The van der Waals surface area contributed by atoms with Crippen molar-refractivity contribution in [2.45, 2.75) is 33.7 Å². The summed E-state index contributed by atoms with van der Waals surface area (Å²) in [4.78, 5) is 26.7. The van der Waals surface area contributed by atoms with E-state index in [1.54, 1.807) is 11.3 Å². The number of para-hydroxylation sites is 1. The fraction of sp³-hybridized carbons (Fsp3) is 0.400. The van der Waals surface area contributed by atoms with E-state index in [9.17, 15) is 9.59 Å². The largest absolute Gasteiger partial charge is 0.346 e. The van der Waals surface area contributed by atoms with Gasteiger partial charge < -0.3 is 15.5 Å². The van der Waals surface area contributed by atoms with E-state index in [-0.39, 0.29) is 18.4 Å². The zero-order chi connectivity index (χ0) is 18.9. The number of aryl methyl sites for hydroxylation is 2. The van der Waals surface area contributed by atoms with Gasteiger partial charge in [0.25, 0.3) is 11.8 Å². The van der Waals surface area contributed by atoms with Gasteiger partial charge in [0.15, 0.2) is 13.1 Å². The molecule has 0 fully saturated rings. The third-order valence-corrected chi connectivity index (χ3v) is 5.24. The quantitative estimate of drug-likeness (QED) is 0.627. The molecule has 0 spiro atoms. The molecule has 0 saturated carbocycles. The van der Waals surface area contributed by atoms with Gasteiger partial charge in [-0.15, -0.1) is 11.3 Å². The highest BCUT2D eigenvalue weighted by molar-refractivity contribution is 7.09. The third kappa shape index (κ3) is 5.97. The second kappa shape index (κ2) is 10.1. The number of carbonyl (C=O) groups excluding carboxylic acids is 2. The van der Waals surface area contributed by atoms with Crippen LogP contribution in [0.2, 0.25) is 0 Å². The molecule has 0 aliphatic carbocycles. The first-order valence-corrected chi connectivity index (χ1v) is 9.92. The van der Waals surface area contributed by atoms with Gasteiger partial charge in [-0.3, -0.25) is 9.59 Å². The highest BCUT2D eigenvalue weighted by Gasteiger charge is 2.18. The Bertz CT molecular complexity index is 729. The van der Waals surface area contributed by atoms with Gasteiger partial charge in [-0.1, -0.05) is 31.2 Å². The molecule has 1 aromatic heterocycles. The Balaban J connectivity index is 1.86. The van der Waals surface area contributed by atoms with Gasteiger partial charge in [-0.05, 0) is 42.8 Å². The van der Waals surface area contributed by atoms with Crippen LogP contribution >= 0.6 is 11.3 Å². The summed E-state index contributed by atoms with van der Waals surface area (Å²) >= 11 is 1.62. The Morgan fingerprint density at radius 1 is 1.08 bits per heavy atom. The van der Waals surface area contributed by atoms with Crippen molar-refractivity contribution in [3.05, 3.63) is 51.7 Å². The smallest absolute Gasteiger partial charge is 0.279 e. The number of carbonyl (C=O) groups is 2. The average Bonchev–Trinajstić information content (AvgIpc) is 3.14. The van der Waals surface area contributed by atoms with E-state index in [4.69, 9.17) is 0 Å². The normalized spacial score (nSPS) is 11.8. The molecule has 1 atom stereocenters. The molecule has 1 aromatic carbocycles. The molecular weight excluding hydrogens is 346 g/mol. The summed E-state index contributed by atoms with van der Waals surface area (Å²) in [7, 11) is 0. The van der Waals surface area contributed by atoms with E-state index < -0.39 is 0 Å². The van der Waals surface area contributed by atoms with E-state index in [2.05, 4.69) is 17.6 Å². The zero-order valence-electron chi connectivity index (χ0n) is 15.7. The van der Waals surface area contributed by atoms with Crippen molar-refractivity contribution in [3.63, 3.8) is 0 Å². The van der Waals surface area contributed by atoms with Crippen LogP contribution in [0.5, 0.6) is 0 Å². The SMILES string of the molecule is CCc1cccc(C)c1NC(=O)C[NH+](CC)CC(=O)NCc1cccs1. The molecule has 5 nitrogen and oxygen atoms in total. The summed E-state index contributed by atoms with van der Waals surface area (Å²) in [6, 6.07) is 10.0.